The first kappa shape index (κ1) is 12.8. The van der Waals surface area contributed by atoms with Crippen molar-refractivity contribution < 1.29 is 0 Å². The van der Waals surface area contributed by atoms with Gasteiger partial charge < -0.3 is 11.5 Å². The monoisotopic (exact) mass is 253 g/mol. The van der Waals surface area contributed by atoms with Gasteiger partial charge in [0.25, 0.3) is 0 Å². The molecule has 1 aliphatic rings. The van der Waals surface area contributed by atoms with Crippen molar-refractivity contribution in [3.8, 4) is 0 Å². The highest BCUT2D eigenvalue weighted by atomic mass is 35.5. The van der Waals surface area contributed by atoms with Gasteiger partial charge in [-0.2, -0.15) is 0 Å². The summed E-state index contributed by atoms with van der Waals surface area (Å²) >= 11 is 5.91. The minimum absolute atomic E-state index is 0.246. The van der Waals surface area contributed by atoms with Crippen molar-refractivity contribution in [3.05, 3.63) is 34.9 Å². The van der Waals surface area contributed by atoms with Gasteiger partial charge in [-0.15, -0.1) is 0 Å². The van der Waals surface area contributed by atoms with E-state index in [0.29, 0.717) is 12.5 Å². The lowest BCUT2D eigenvalue weighted by Crippen LogP contribution is -2.47. The highest BCUT2D eigenvalue weighted by Crippen LogP contribution is 2.27. The molecule has 4 N–H and O–H groups in total. The van der Waals surface area contributed by atoms with Gasteiger partial charge >= 0.3 is 0 Å². The van der Waals surface area contributed by atoms with E-state index in [-0.39, 0.29) is 6.04 Å². The summed E-state index contributed by atoms with van der Waals surface area (Å²) in [5.74, 6) is 0.502. The van der Waals surface area contributed by atoms with E-state index < -0.39 is 0 Å². The summed E-state index contributed by atoms with van der Waals surface area (Å²) < 4.78 is 0. The molecule has 3 nitrogen and oxygen atoms in total. The fourth-order valence-electron chi connectivity index (χ4n) is 2.57. The molecule has 0 aliphatic carbocycles. The molecule has 94 valence electrons. The Morgan fingerprint density at radius 2 is 1.94 bits per heavy atom. The van der Waals surface area contributed by atoms with E-state index in [9.17, 15) is 0 Å². The van der Waals surface area contributed by atoms with E-state index in [1.165, 1.54) is 5.56 Å². The average Bonchev–Trinajstić information content (AvgIpc) is 2.29. The smallest absolute Gasteiger partial charge is 0.0406 e. The molecule has 1 fully saturated rings. The van der Waals surface area contributed by atoms with Crippen molar-refractivity contribution >= 4 is 11.6 Å². The average molecular weight is 254 g/mol. The minimum Gasteiger partial charge on any atom is -0.329 e. The van der Waals surface area contributed by atoms with Crippen LogP contribution >= 0.6 is 11.6 Å². The fraction of sp³-hybridized carbons (Fsp3) is 0.538. The first-order chi connectivity index (χ1) is 8.19. The van der Waals surface area contributed by atoms with Crippen molar-refractivity contribution in [1.29, 1.82) is 0 Å². The summed E-state index contributed by atoms with van der Waals surface area (Å²) in [7, 11) is 0. The van der Waals surface area contributed by atoms with E-state index in [2.05, 4.69) is 17.0 Å². The summed E-state index contributed by atoms with van der Waals surface area (Å²) in [6, 6.07) is 8.35. The molecule has 17 heavy (non-hydrogen) atoms. The normalized spacial score (nSPS) is 26.1. The number of likely N-dealkylation sites (tertiary alicyclic amines) is 1. The Kier molecular flexibility index (Phi) is 4.40. The lowest BCUT2D eigenvalue weighted by molar-refractivity contribution is 0.193. The number of nitrogens with zero attached hydrogens (tertiary/aromatic N) is 1. The van der Waals surface area contributed by atoms with Gasteiger partial charge in [0.1, 0.15) is 0 Å². The Labute approximate surface area is 108 Å². The quantitative estimate of drug-likeness (QED) is 0.857. The summed E-state index contributed by atoms with van der Waals surface area (Å²) in [4.78, 5) is 2.35. The number of nitrogens with two attached hydrogens (primary N) is 2. The van der Waals surface area contributed by atoms with E-state index in [1.54, 1.807) is 0 Å². The van der Waals surface area contributed by atoms with Gasteiger partial charge in [-0.05, 0) is 30.0 Å². The molecule has 0 radical (unpaired) electrons. The van der Waals surface area contributed by atoms with Gasteiger partial charge in [-0.25, -0.2) is 0 Å². The number of hydrogen-bond acceptors (Lipinski definition) is 3. The lowest BCUT2D eigenvalue weighted by Gasteiger charge is -2.36. The maximum Gasteiger partial charge on any atom is 0.0406 e. The molecule has 1 heterocycles. The van der Waals surface area contributed by atoms with Crippen LogP contribution in [0.15, 0.2) is 24.3 Å². The van der Waals surface area contributed by atoms with Crippen LogP contribution in [-0.4, -0.2) is 37.1 Å². The number of piperidine rings is 1. The van der Waals surface area contributed by atoms with Crippen molar-refractivity contribution in [2.45, 2.75) is 18.4 Å². The van der Waals surface area contributed by atoms with Crippen LogP contribution in [0.5, 0.6) is 0 Å². The molecule has 4 heteroatoms. The second kappa shape index (κ2) is 5.83. The summed E-state index contributed by atoms with van der Waals surface area (Å²) in [5, 5.41) is 0.785. The van der Waals surface area contributed by atoms with Crippen molar-refractivity contribution in [3.63, 3.8) is 0 Å². The van der Waals surface area contributed by atoms with E-state index in [0.717, 1.165) is 31.1 Å². The molecule has 0 bridgehead atoms. The van der Waals surface area contributed by atoms with E-state index in [4.69, 9.17) is 23.1 Å². The predicted octanol–water partition coefficient (Wildman–Crippen LogP) is 1.42. The Bertz CT molecular complexity index is 352. The molecule has 0 saturated carbocycles. The van der Waals surface area contributed by atoms with Crippen LogP contribution in [0.1, 0.15) is 17.9 Å². The van der Waals surface area contributed by atoms with Crippen molar-refractivity contribution in [2.24, 2.45) is 11.5 Å². The van der Waals surface area contributed by atoms with Crippen molar-refractivity contribution in [1.82, 2.24) is 4.90 Å². The zero-order valence-corrected chi connectivity index (χ0v) is 10.7. The molecule has 2 unspecified atom stereocenters. The predicted molar refractivity (Wildman–Crippen MR) is 72.3 cm³/mol. The van der Waals surface area contributed by atoms with Gasteiger partial charge in [0.15, 0.2) is 0 Å². The van der Waals surface area contributed by atoms with Crippen molar-refractivity contribution in [2.75, 3.05) is 26.2 Å². The molecule has 0 amide bonds. The third-order valence-electron chi connectivity index (χ3n) is 3.35. The lowest BCUT2D eigenvalue weighted by atomic mass is 9.88. The zero-order chi connectivity index (χ0) is 12.3. The number of benzene rings is 1. The first-order valence-electron chi connectivity index (χ1n) is 6.12. The van der Waals surface area contributed by atoms with Gasteiger partial charge in [-0.1, -0.05) is 23.7 Å². The standard InChI is InChI=1S/C13H20ClN3/c14-12-3-1-10(2-4-12)11-7-13(16)9-17(8-11)6-5-15/h1-4,11,13H,5-9,15-16H2. The van der Waals surface area contributed by atoms with Crippen LogP contribution in [0.3, 0.4) is 0 Å². The first-order valence-corrected chi connectivity index (χ1v) is 6.50. The van der Waals surface area contributed by atoms with Gasteiger partial charge in [0.2, 0.25) is 0 Å². The molecular formula is C13H20ClN3. The molecule has 1 aromatic rings. The second-order valence-electron chi connectivity index (χ2n) is 4.79. The molecule has 2 rings (SSSR count). The third kappa shape index (κ3) is 3.42. The van der Waals surface area contributed by atoms with Gasteiger partial charge in [0.05, 0.1) is 0 Å². The zero-order valence-electron chi connectivity index (χ0n) is 9.98. The SMILES string of the molecule is NCCN1CC(N)CC(c2ccc(Cl)cc2)C1. The molecule has 2 atom stereocenters. The minimum atomic E-state index is 0.246. The van der Waals surface area contributed by atoms with Crippen LogP contribution < -0.4 is 11.5 Å². The number of halogens is 1. The molecule has 1 saturated heterocycles. The molecule has 0 aromatic heterocycles. The van der Waals surface area contributed by atoms with Crippen LogP contribution in [-0.2, 0) is 0 Å². The summed E-state index contributed by atoms with van der Waals surface area (Å²) in [5.41, 5.74) is 13.0. The summed E-state index contributed by atoms with van der Waals surface area (Å²) in [6.45, 7) is 3.63. The van der Waals surface area contributed by atoms with E-state index in [1.807, 2.05) is 12.1 Å². The number of rotatable bonds is 3. The molecule has 1 aromatic carbocycles. The molecule has 1 aliphatic heterocycles. The third-order valence-corrected chi connectivity index (χ3v) is 3.60. The maximum absolute atomic E-state index is 6.10. The van der Waals surface area contributed by atoms with Crippen LogP contribution in [0.2, 0.25) is 5.02 Å². The van der Waals surface area contributed by atoms with Crippen LogP contribution in [0.25, 0.3) is 0 Å². The highest BCUT2D eigenvalue weighted by Gasteiger charge is 2.25. The van der Waals surface area contributed by atoms with Gasteiger partial charge in [-0.3, -0.25) is 4.90 Å². The Morgan fingerprint density at radius 1 is 1.24 bits per heavy atom. The number of hydrogen-bond donors (Lipinski definition) is 2. The van der Waals surface area contributed by atoms with E-state index >= 15 is 0 Å². The van der Waals surface area contributed by atoms with Crippen LogP contribution in [0, 0.1) is 0 Å². The largest absolute Gasteiger partial charge is 0.329 e. The topological polar surface area (TPSA) is 55.3 Å². The second-order valence-corrected chi connectivity index (χ2v) is 5.23. The van der Waals surface area contributed by atoms with Crippen LogP contribution in [0.4, 0.5) is 0 Å². The highest BCUT2D eigenvalue weighted by molar-refractivity contribution is 6.30. The van der Waals surface area contributed by atoms with Gasteiger partial charge in [0, 0.05) is 37.2 Å². The summed E-state index contributed by atoms with van der Waals surface area (Å²) in [6.07, 6.45) is 1.04. The molecular weight excluding hydrogens is 234 g/mol. The fourth-order valence-corrected chi connectivity index (χ4v) is 2.70. The molecule has 0 spiro atoms. The Hall–Kier alpha value is -0.610. The Morgan fingerprint density at radius 3 is 2.59 bits per heavy atom. The Balaban J connectivity index is 2.06. The maximum atomic E-state index is 6.10.